The minimum absolute atomic E-state index is 0.0617. The highest BCUT2D eigenvalue weighted by atomic mass is 32.1. The van der Waals surface area contributed by atoms with E-state index in [1.165, 1.54) is 11.5 Å². The fourth-order valence-electron chi connectivity index (χ4n) is 3.09. The summed E-state index contributed by atoms with van der Waals surface area (Å²) in [4.78, 5) is 32.9. The zero-order valence-electron chi connectivity index (χ0n) is 14.5. The van der Waals surface area contributed by atoms with Crippen LogP contribution in [0.3, 0.4) is 0 Å². The number of likely N-dealkylation sites (tertiary alicyclic amines) is 2. The van der Waals surface area contributed by atoms with E-state index in [1.54, 1.807) is 4.90 Å². The van der Waals surface area contributed by atoms with Crippen molar-refractivity contribution in [2.24, 2.45) is 5.92 Å². The molecular formula is C16H25N5O2S. The van der Waals surface area contributed by atoms with E-state index >= 15 is 0 Å². The molecule has 1 aromatic rings. The highest BCUT2D eigenvalue weighted by Gasteiger charge is 2.34. The zero-order chi connectivity index (χ0) is 17.3. The van der Waals surface area contributed by atoms with E-state index in [0.717, 1.165) is 38.2 Å². The summed E-state index contributed by atoms with van der Waals surface area (Å²) in [6, 6.07) is -0.191. The van der Waals surface area contributed by atoms with Gasteiger partial charge in [0.25, 0.3) is 0 Å². The van der Waals surface area contributed by atoms with Crippen LogP contribution in [0.1, 0.15) is 45.9 Å². The standard InChI is InChI=1S/C16H25N5O2S/c1-16(2,3)13-17-14(24-19-13)18-15(23)21-9-6-11(10-21)12(22)20-7-4-5-8-20/h11H,4-10H2,1-3H3,(H,17,18,19,23). The van der Waals surface area contributed by atoms with Gasteiger partial charge in [-0.15, -0.1) is 0 Å². The molecule has 24 heavy (non-hydrogen) atoms. The lowest BCUT2D eigenvalue weighted by molar-refractivity contribution is -0.133. The number of nitrogens with one attached hydrogen (secondary N) is 1. The molecule has 0 aromatic carbocycles. The maximum atomic E-state index is 12.4. The molecule has 7 nitrogen and oxygen atoms in total. The van der Waals surface area contributed by atoms with Crippen molar-refractivity contribution < 1.29 is 9.59 Å². The third-order valence-corrected chi connectivity index (χ3v) is 5.18. The Balaban J connectivity index is 1.54. The highest BCUT2D eigenvalue weighted by molar-refractivity contribution is 7.09. The number of urea groups is 1. The Morgan fingerprint density at radius 1 is 1.17 bits per heavy atom. The van der Waals surface area contributed by atoms with Gasteiger partial charge in [0.1, 0.15) is 5.82 Å². The topological polar surface area (TPSA) is 78.4 Å². The first-order valence-electron chi connectivity index (χ1n) is 8.53. The van der Waals surface area contributed by atoms with Crippen molar-refractivity contribution in [3.63, 3.8) is 0 Å². The van der Waals surface area contributed by atoms with Crippen LogP contribution in [0.5, 0.6) is 0 Å². The minimum Gasteiger partial charge on any atom is -0.342 e. The molecule has 0 spiro atoms. The molecule has 2 aliphatic rings. The van der Waals surface area contributed by atoms with Gasteiger partial charge in [-0.3, -0.25) is 10.1 Å². The van der Waals surface area contributed by atoms with Gasteiger partial charge in [0.2, 0.25) is 11.0 Å². The Morgan fingerprint density at radius 3 is 2.50 bits per heavy atom. The number of rotatable bonds is 2. The summed E-state index contributed by atoms with van der Waals surface area (Å²) in [7, 11) is 0. The summed E-state index contributed by atoms with van der Waals surface area (Å²) < 4.78 is 4.30. The average Bonchev–Trinajstić information content (AvgIpc) is 3.26. The molecule has 1 aromatic heterocycles. The van der Waals surface area contributed by atoms with Crippen LogP contribution in [0.2, 0.25) is 0 Å². The second kappa shape index (κ2) is 6.66. The molecule has 0 radical (unpaired) electrons. The predicted molar refractivity (Wildman–Crippen MR) is 93.1 cm³/mol. The Hall–Kier alpha value is -1.70. The van der Waals surface area contributed by atoms with Gasteiger partial charge < -0.3 is 9.80 Å². The molecule has 2 fully saturated rings. The minimum atomic E-state index is -0.191. The van der Waals surface area contributed by atoms with Crippen LogP contribution in [0.15, 0.2) is 0 Å². The van der Waals surface area contributed by atoms with Crippen molar-refractivity contribution in [2.45, 2.75) is 45.4 Å². The van der Waals surface area contributed by atoms with Gasteiger partial charge in [0.05, 0.1) is 5.92 Å². The number of carbonyl (C=O) groups excluding carboxylic acids is 2. The van der Waals surface area contributed by atoms with Gasteiger partial charge >= 0.3 is 6.03 Å². The van der Waals surface area contributed by atoms with Crippen molar-refractivity contribution >= 4 is 28.6 Å². The number of hydrogen-bond donors (Lipinski definition) is 1. The molecule has 3 amide bonds. The number of nitrogens with zero attached hydrogens (tertiary/aromatic N) is 4. The van der Waals surface area contributed by atoms with Crippen LogP contribution < -0.4 is 5.32 Å². The third kappa shape index (κ3) is 3.68. The van der Waals surface area contributed by atoms with Crippen LogP contribution in [0, 0.1) is 5.92 Å². The largest absolute Gasteiger partial charge is 0.342 e. The van der Waals surface area contributed by atoms with Crippen LogP contribution in [-0.4, -0.2) is 57.3 Å². The van der Waals surface area contributed by atoms with Gasteiger partial charge in [-0.25, -0.2) is 9.78 Å². The molecular weight excluding hydrogens is 326 g/mol. The quantitative estimate of drug-likeness (QED) is 0.887. The second-order valence-electron chi connectivity index (χ2n) is 7.57. The summed E-state index contributed by atoms with van der Waals surface area (Å²) >= 11 is 1.20. The predicted octanol–water partition coefficient (Wildman–Crippen LogP) is 2.31. The molecule has 2 saturated heterocycles. The summed E-state index contributed by atoms with van der Waals surface area (Å²) in [6.07, 6.45) is 2.93. The first kappa shape index (κ1) is 17.1. The first-order chi connectivity index (χ1) is 11.3. The highest BCUT2D eigenvalue weighted by Crippen LogP contribution is 2.25. The van der Waals surface area contributed by atoms with Crippen molar-refractivity contribution in [1.82, 2.24) is 19.2 Å². The zero-order valence-corrected chi connectivity index (χ0v) is 15.4. The summed E-state index contributed by atoms with van der Waals surface area (Å²) in [6.45, 7) is 8.94. The van der Waals surface area contributed by atoms with Gasteiger partial charge in [-0.05, 0) is 19.3 Å². The lowest BCUT2D eigenvalue weighted by atomic mass is 9.96. The molecule has 1 atom stereocenters. The average molecular weight is 351 g/mol. The first-order valence-corrected chi connectivity index (χ1v) is 9.31. The van der Waals surface area contributed by atoms with E-state index in [4.69, 9.17) is 0 Å². The van der Waals surface area contributed by atoms with E-state index < -0.39 is 0 Å². The van der Waals surface area contributed by atoms with Crippen molar-refractivity contribution in [3.8, 4) is 0 Å². The van der Waals surface area contributed by atoms with Gasteiger partial charge in [-0.2, -0.15) is 4.37 Å². The van der Waals surface area contributed by atoms with Crippen LogP contribution in [0.4, 0.5) is 9.93 Å². The maximum Gasteiger partial charge on any atom is 0.323 e. The molecule has 1 unspecified atom stereocenters. The summed E-state index contributed by atoms with van der Waals surface area (Å²) in [5.74, 6) is 0.869. The Bertz CT molecular complexity index is 618. The van der Waals surface area contributed by atoms with Crippen molar-refractivity contribution in [2.75, 3.05) is 31.5 Å². The Kier molecular flexibility index (Phi) is 4.76. The molecule has 3 rings (SSSR count). The van der Waals surface area contributed by atoms with Gasteiger partial charge in [-0.1, -0.05) is 20.8 Å². The number of aromatic nitrogens is 2. The monoisotopic (exact) mass is 351 g/mol. The molecule has 1 N–H and O–H groups in total. The normalized spacial score (nSPS) is 21.4. The maximum absolute atomic E-state index is 12.4. The van der Waals surface area contributed by atoms with E-state index in [-0.39, 0.29) is 23.3 Å². The number of hydrogen-bond acceptors (Lipinski definition) is 5. The fraction of sp³-hybridized carbons (Fsp3) is 0.750. The van der Waals surface area contributed by atoms with E-state index in [0.29, 0.717) is 18.2 Å². The molecule has 132 valence electrons. The van der Waals surface area contributed by atoms with E-state index in [9.17, 15) is 9.59 Å². The Morgan fingerprint density at radius 2 is 1.88 bits per heavy atom. The fourth-order valence-corrected chi connectivity index (χ4v) is 3.84. The van der Waals surface area contributed by atoms with Crippen molar-refractivity contribution in [3.05, 3.63) is 5.82 Å². The van der Waals surface area contributed by atoms with Crippen LogP contribution in [-0.2, 0) is 10.2 Å². The number of amides is 3. The Labute approximate surface area is 146 Å². The number of carbonyl (C=O) groups is 2. The lowest BCUT2D eigenvalue weighted by Gasteiger charge is -2.20. The van der Waals surface area contributed by atoms with Crippen LogP contribution >= 0.6 is 11.5 Å². The van der Waals surface area contributed by atoms with Crippen molar-refractivity contribution in [1.29, 1.82) is 0 Å². The third-order valence-electron chi connectivity index (χ3n) is 4.55. The molecule has 2 aliphatic heterocycles. The lowest BCUT2D eigenvalue weighted by Crippen LogP contribution is -2.37. The molecule has 0 saturated carbocycles. The number of anilines is 1. The van der Waals surface area contributed by atoms with E-state index in [1.807, 2.05) is 25.7 Å². The van der Waals surface area contributed by atoms with E-state index in [2.05, 4.69) is 14.7 Å². The van der Waals surface area contributed by atoms with Gasteiger partial charge in [0, 0.05) is 43.1 Å². The SMILES string of the molecule is CC(C)(C)c1nsc(NC(=O)N2CCC(C(=O)N3CCCC3)C2)n1. The molecule has 3 heterocycles. The second-order valence-corrected chi connectivity index (χ2v) is 8.32. The summed E-state index contributed by atoms with van der Waals surface area (Å²) in [5, 5.41) is 3.33. The smallest absolute Gasteiger partial charge is 0.323 e. The molecule has 0 bridgehead atoms. The van der Waals surface area contributed by atoms with Gasteiger partial charge in [0.15, 0.2) is 0 Å². The molecule has 8 heteroatoms. The van der Waals surface area contributed by atoms with Crippen LogP contribution in [0.25, 0.3) is 0 Å². The summed E-state index contributed by atoms with van der Waals surface area (Å²) in [5.41, 5.74) is -0.139. The molecule has 0 aliphatic carbocycles.